The van der Waals surface area contributed by atoms with Crippen LogP contribution in [-0.4, -0.2) is 34.5 Å². The van der Waals surface area contributed by atoms with E-state index < -0.39 is 27.2 Å². The Hall–Kier alpha value is -2.73. The number of rotatable bonds is 5. The van der Waals surface area contributed by atoms with E-state index in [9.17, 15) is 26.7 Å². The summed E-state index contributed by atoms with van der Waals surface area (Å²) in [4.78, 5) is 4.89. The Kier molecular flexibility index (Phi) is 6.33. The molecule has 1 aromatic carbocycles. The standard InChI is InChI=1S/C23H19ClF3N3O3S2/c1-22(2,31)21-19(24)20(30(29-21)16-9-10-28-12-15(16)23(25,26)27)18-8-7-17(34-18)13-5-4-6-14(11-13)35(3,32)33/h4-12,31H,1-3H3. The van der Waals surface area contributed by atoms with Gasteiger partial charge in [0.05, 0.1) is 26.0 Å². The summed E-state index contributed by atoms with van der Waals surface area (Å²) in [7, 11) is -3.43. The lowest BCUT2D eigenvalue weighted by Crippen LogP contribution is -2.18. The van der Waals surface area contributed by atoms with Crippen LogP contribution in [0.5, 0.6) is 0 Å². The van der Waals surface area contributed by atoms with Crippen molar-refractivity contribution in [3.8, 4) is 26.7 Å². The summed E-state index contributed by atoms with van der Waals surface area (Å²) < 4.78 is 66.2. The van der Waals surface area contributed by atoms with Gasteiger partial charge in [-0.15, -0.1) is 11.3 Å². The second kappa shape index (κ2) is 8.74. The zero-order valence-corrected chi connectivity index (χ0v) is 21.0. The molecule has 0 atom stereocenters. The minimum absolute atomic E-state index is 0.000670. The van der Waals surface area contributed by atoms with Crippen molar-refractivity contribution in [3.05, 3.63) is 71.1 Å². The van der Waals surface area contributed by atoms with Crippen molar-refractivity contribution in [3.63, 3.8) is 0 Å². The van der Waals surface area contributed by atoms with E-state index in [0.717, 1.165) is 10.9 Å². The van der Waals surface area contributed by atoms with Crippen molar-refractivity contribution in [1.29, 1.82) is 0 Å². The Morgan fingerprint density at radius 2 is 1.77 bits per heavy atom. The van der Waals surface area contributed by atoms with E-state index in [1.165, 1.54) is 49.6 Å². The van der Waals surface area contributed by atoms with Crippen molar-refractivity contribution in [2.24, 2.45) is 0 Å². The molecule has 0 radical (unpaired) electrons. The summed E-state index contributed by atoms with van der Waals surface area (Å²) in [5, 5.41) is 14.8. The van der Waals surface area contributed by atoms with E-state index in [0.29, 0.717) is 21.5 Å². The Morgan fingerprint density at radius 1 is 1.09 bits per heavy atom. The Balaban J connectivity index is 1.94. The lowest BCUT2D eigenvalue weighted by Gasteiger charge is -2.15. The summed E-state index contributed by atoms with van der Waals surface area (Å²) in [6.07, 6.45) is -1.68. The first-order valence-corrected chi connectivity index (χ1v) is 13.2. The maximum absolute atomic E-state index is 13.8. The zero-order valence-electron chi connectivity index (χ0n) is 18.6. The van der Waals surface area contributed by atoms with Crippen LogP contribution in [0.3, 0.4) is 0 Å². The molecule has 3 aromatic heterocycles. The molecule has 0 saturated heterocycles. The number of alkyl halides is 3. The molecule has 1 N–H and O–H groups in total. The van der Waals surface area contributed by atoms with Crippen molar-refractivity contribution >= 4 is 32.8 Å². The molecule has 0 amide bonds. The molecule has 0 bridgehead atoms. The fraction of sp³-hybridized carbons (Fsp3) is 0.217. The number of aromatic nitrogens is 3. The third-order valence-electron chi connectivity index (χ3n) is 5.12. The van der Waals surface area contributed by atoms with Gasteiger partial charge < -0.3 is 5.11 Å². The van der Waals surface area contributed by atoms with Crippen molar-refractivity contribution in [1.82, 2.24) is 14.8 Å². The predicted molar refractivity (Wildman–Crippen MR) is 128 cm³/mol. The van der Waals surface area contributed by atoms with Crippen LogP contribution in [0.2, 0.25) is 5.02 Å². The van der Waals surface area contributed by atoms with Crippen molar-refractivity contribution in [2.45, 2.75) is 30.5 Å². The molecule has 0 aliphatic heterocycles. The van der Waals surface area contributed by atoms with Crippen LogP contribution in [0.25, 0.3) is 26.7 Å². The summed E-state index contributed by atoms with van der Waals surface area (Å²) >= 11 is 7.79. The number of pyridine rings is 1. The van der Waals surface area contributed by atoms with Crippen LogP contribution >= 0.6 is 22.9 Å². The molecular formula is C23H19ClF3N3O3S2. The fourth-order valence-electron chi connectivity index (χ4n) is 3.47. The van der Waals surface area contributed by atoms with Gasteiger partial charge in [-0.2, -0.15) is 18.3 Å². The van der Waals surface area contributed by atoms with Crippen molar-refractivity contribution < 1.29 is 26.7 Å². The molecule has 0 spiro atoms. The lowest BCUT2D eigenvalue weighted by molar-refractivity contribution is -0.137. The third-order valence-corrected chi connectivity index (χ3v) is 7.73. The van der Waals surface area contributed by atoms with Gasteiger partial charge in [0.1, 0.15) is 17.0 Å². The van der Waals surface area contributed by atoms with E-state index in [1.54, 1.807) is 24.3 Å². The molecule has 35 heavy (non-hydrogen) atoms. The van der Waals surface area contributed by atoms with Gasteiger partial charge in [0, 0.05) is 23.5 Å². The normalized spacial score (nSPS) is 12.8. The van der Waals surface area contributed by atoms with E-state index in [2.05, 4.69) is 10.1 Å². The topological polar surface area (TPSA) is 85.1 Å². The number of halogens is 4. The zero-order chi connectivity index (χ0) is 25.8. The molecule has 6 nitrogen and oxygen atoms in total. The van der Waals surface area contributed by atoms with E-state index in [-0.39, 0.29) is 27.0 Å². The average Bonchev–Trinajstić information content (AvgIpc) is 3.37. The summed E-state index contributed by atoms with van der Waals surface area (Å²) in [6, 6.07) is 10.9. The van der Waals surface area contributed by atoms with E-state index >= 15 is 0 Å². The Labute approximate surface area is 208 Å². The van der Waals surface area contributed by atoms with E-state index in [4.69, 9.17) is 11.6 Å². The highest BCUT2D eigenvalue weighted by atomic mass is 35.5. The second-order valence-electron chi connectivity index (χ2n) is 8.34. The lowest BCUT2D eigenvalue weighted by atomic mass is 10.1. The Morgan fingerprint density at radius 3 is 2.40 bits per heavy atom. The number of hydrogen-bond acceptors (Lipinski definition) is 6. The fourth-order valence-corrected chi connectivity index (χ4v) is 5.68. The van der Waals surface area contributed by atoms with Crippen LogP contribution < -0.4 is 0 Å². The molecule has 3 heterocycles. The smallest absolute Gasteiger partial charge is 0.384 e. The molecule has 0 fully saturated rings. The molecular weight excluding hydrogens is 523 g/mol. The van der Waals surface area contributed by atoms with Gasteiger partial charge in [-0.3, -0.25) is 4.98 Å². The van der Waals surface area contributed by atoms with Gasteiger partial charge in [0.25, 0.3) is 0 Å². The van der Waals surface area contributed by atoms with Gasteiger partial charge in [-0.25, -0.2) is 13.1 Å². The number of nitrogens with zero attached hydrogens (tertiary/aromatic N) is 3. The number of hydrogen-bond donors (Lipinski definition) is 1. The van der Waals surface area contributed by atoms with Crippen LogP contribution in [0.1, 0.15) is 25.1 Å². The molecule has 12 heteroatoms. The number of aliphatic hydroxyl groups is 1. The molecule has 0 unspecified atom stereocenters. The van der Waals surface area contributed by atoms with Gasteiger partial charge in [-0.1, -0.05) is 23.7 Å². The number of thiophene rings is 1. The Bertz CT molecular complexity index is 1520. The summed E-state index contributed by atoms with van der Waals surface area (Å²) in [5.74, 6) is 0. The van der Waals surface area contributed by atoms with Crippen molar-refractivity contribution in [2.75, 3.05) is 6.26 Å². The first kappa shape index (κ1) is 25.4. The van der Waals surface area contributed by atoms with Gasteiger partial charge in [0.2, 0.25) is 0 Å². The molecule has 184 valence electrons. The highest BCUT2D eigenvalue weighted by molar-refractivity contribution is 7.90. The van der Waals surface area contributed by atoms with Crippen LogP contribution in [-0.2, 0) is 21.6 Å². The third kappa shape index (κ3) is 4.99. The maximum Gasteiger partial charge on any atom is 0.419 e. The maximum atomic E-state index is 13.8. The number of benzene rings is 1. The quantitative estimate of drug-likeness (QED) is 0.337. The molecule has 0 aliphatic rings. The summed E-state index contributed by atoms with van der Waals surface area (Å²) in [5.41, 5.74) is -2.06. The minimum atomic E-state index is -4.71. The van der Waals surface area contributed by atoms with Crippen LogP contribution in [0.15, 0.2) is 59.8 Å². The minimum Gasteiger partial charge on any atom is -0.384 e. The molecule has 0 aliphatic carbocycles. The molecule has 4 rings (SSSR count). The number of sulfone groups is 1. The first-order valence-electron chi connectivity index (χ1n) is 10.1. The van der Waals surface area contributed by atoms with Gasteiger partial charge in [-0.05, 0) is 49.7 Å². The average molecular weight is 542 g/mol. The second-order valence-corrected chi connectivity index (χ2v) is 11.8. The molecule has 0 saturated carbocycles. The largest absolute Gasteiger partial charge is 0.419 e. The molecule has 4 aromatic rings. The monoisotopic (exact) mass is 541 g/mol. The van der Waals surface area contributed by atoms with Gasteiger partial charge in [0.15, 0.2) is 9.84 Å². The van der Waals surface area contributed by atoms with Crippen LogP contribution in [0, 0.1) is 0 Å². The van der Waals surface area contributed by atoms with Crippen LogP contribution in [0.4, 0.5) is 13.2 Å². The van der Waals surface area contributed by atoms with E-state index in [1.807, 2.05) is 0 Å². The summed E-state index contributed by atoms with van der Waals surface area (Å²) in [6.45, 7) is 2.87. The first-order chi connectivity index (χ1) is 16.2. The predicted octanol–water partition coefficient (Wildman–Crippen LogP) is 5.97. The highest BCUT2D eigenvalue weighted by Gasteiger charge is 2.37. The SMILES string of the molecule is CC(C)(O)c1nn(-c2ccncc2C(F)(F)F)c(-c2ccc(-c3cccc(S(C)(=O)=O)c3)s2)c1Cl. The highest BCUT2D eigenvalue weighted by Crippen LogP contribution is 2.44. The van der Waals surface area contributed by atoms with Gasteiger partial charge >= 0.3 is 6.18 Å².